The monoisotopic (exact) mass is 906 g/mol. The third kappa shape index (κ3) is 9.26. The zero-order valence-corrected chi connectivity index (χ0v) is 36.7. The molecule has 5 heterocycles. The van der Waals surface area contributed by atoms with Gasteiger partial charge in [-0.05, 0) is 90.8 Å². The molecule has 11 nitrogen and oxygen atoms in total. The van der Waals surface area contributed by atoms with Gasteiger partial charge >= 0.3 is 0 Å². The number of imidazole rings is 1. The van der Waals surface area contributed by atoms with Gasteiger partial charge in [-0.15, -0.1) is 0 Å². The van der Waals surface area contributed by atoms with Crippen molar-refractivity contribution in [1.29, 1.82) is 0 Å². The largest absolute Gasteiger partial charge is 0.493 e. The number of ether oxygens (including phenoxy) is 2. The number of aromatic nitrogens is 7. The molecule has 0 fully saturated rings. The third-order valence-electron chi connectivity index (χ3n) is 10.2. The molecule has 5 aromatic heterocycles. The van der Waals surface area contributed by atoms with E-state index in [1.807, 2.05) is 101 Å². The van der Waals surface area contributed by atoms with E-state index < -0.39 is 11.9 Å². The van der Waals surface area contributed by atoms with Crippen molar-refractivity contribution < 1.29 is 23.1 Å². The van der Waals surface area contributed by atoms with Gasteiger partial charge < -0.3 is 19.3 Å². The second-order valence-corrected chi connectivity index (χ2v) is 15.6. The minimum atomic E-state index is -0.593. The van der Waals surface area contributed by atoms with Crippen molar-refractivity contribution in [1.82, 2.24) is 34.1 Å². The Balaban J connectivity index is 0.000000173. The lowest BCUT2D eigenvalue weighted by atomic mass is 10.1. The number of halogens is 5. The molecular weight excluding hydrogens is 869 g/mol. The fourth-order valence-corrected chi connectivity index (χ4v) is 7.98. The maximum absolute atomic E-state index is 13.9. The molecule has 0 aliphatic carbocycles. The van der Waals surface area contributed by atoms with Gasteiger partial charge in [-0.1, -0.05) is 71.2 Å². The first kappa shape index (κ1) is 43.0. The Morgan fingerprint density at radius 3 is 2.37 bits per heavy atom. The topological polar surface area (TPSA) is 97.3 Å². The Hall–Kier alpha value is -6.67. The number of benzene rings is 4. The molecule has 0 spiro atoms. The lowest BCUT2D eigenvalue weighted by molar-refractivity contribution is 0.0562. The highest BCUT2D eigenvalue weighted by Crippen LogP contribution is 2.38. The van der Waals surface area contributed by atoms with Gasteiger partial charge in [0, 0.05) is 46.2 Å². The van der Waals surface area contributed by atoms with E-state index in [1.165, 1.54) is 29.8 Å². The summed E-state index contributed by atoms with van der Waals surface area (Å²) in [5.74, 6) is 0.372. The van der Waals surface area contributed by atoms with Gasteiger partial charge in [0.2, 0.25) is 0 Å². The number of hydrogen-bond acceptors (Lipinski definition) is 8. The summed E-state index contributed by atoms with van der Waals surface area (Å²) >= 11 is 18.6. The molecule has 1 unspecified atom stereocenters. The number of hydrogen-bond donors (Lipinski definition) is 0. The second-order valence-electron chi connectivity index (χ2n) is 14.4. The molecular formula is C47H39Cl3F2N8O3. The van der Waals surface area contributed by atoms with E-state index in [0.29, 0.717) is 56.9 Å². The van der Waals surface area contributed by atoms with Crippen LogP contribution in [-0.2, 0) is 13.1 Å². The Morgan fingerprint density at radius 1 is 0.794 bits per heavy atom. The van der Waals surface area contributed by atoms with Crippen LogP contribution >= 0.6 is 34.8 Å². The van der Waals surface area contributed by atoms with Gasteiger partial charge in [-0.25, -0.2) is 28.4 Å². The third-order valence-corrected chi connectivity index (χ3v) is 11.3. The number of nitrogens with zero attached hydrogens (tertiary/aromatic N) is 8. The Labute approximate surface area is 376 Å². The van der Waals surface area contributed by atoms with E-state index in [1.54, 1.807) is 44.5 Å². The van der Waals surface area contributed by atoms with E-state index in [4.69, 9.17) is 59.1 Å². The van der Waals surface area contributed by atoms with E-state index in [2.05, 4.69) is 22.2 Å². The highest BCUT2D eigenvalue weighted by atomic mass is 35.5. The molecule has 0 saturated carbocycles. The minimum absolute atomic E-state index is 0.0537. The summed E-state index contributed by atoms with van der Waals surface area (Å²) in [6.45, 7) is 2.88. The van der Waals surface area contributed by atoms with Crippen molar-refractivity contribution in [3.63, 3.8) is 0 Å². The van der Waals surface area contributed by atoms with Crippen LogP contribution in [0.15, 0.2) is 134 Å². The smallest absolute Gasteiger partial charge is 0.180 e. The summed E-state index contributed by atoms with van der Waals surface area (Å²) in [4.78, 5) is 19.9. The molecule has 0 saturated heterocycles. The van der Waals surface area contributed by atoms with Crippen LogP contribution in [0.25, 0.3) is 44.7 Å². The van der Waals surface area contributed by atoms with Gasteiger partial charge in [0.05, 0.1) is 55.4 Å². The maximum atomic E-state index is 13.9. The molecule has 320 valence electrons. The fourth-order valence-electron chi connectivity index (χ4n) is 7.12. The molecule has 9 aromatic rings. The summed E-state index contributed by atoms with van der Waals surface area (Å²) < 4.78 is 43.7. The predicted molar refractivity (Wildman–Crippen MR) is 243 cm³/mol. The Kier molecular flexibility index (Phi) is 12.8. The lowest BCUT2D eigenvalue weighted by Crippen LogP contribution is -2.28. The summed E-state index contributed by atoms with van der Waals surface area (Å²) in [6.07, 6.45) is 6.64. The first-order valence-electron chi connectivity index (χ1n) is 19.6. The van der Waals surface area contributed by atoms with Crippen molar-refractivity contribution in [2.75, 3.05) is 26.3 Å². The van der Waals surface area contributed by atoms with Crippen LogP contribution in [0, 0.1) is 11.6 Å². The van der Waals surface area contributed by atoms with E-state index in [0.717, 1.165) is 33.5 Å². The van der Waals surface area contributed by atoms with Gasteiger partial charge in [-0.3, -0.25) is 4.68 Å². The van der Waals surface area contributed by atoms with Crippen LogP contribution < -0.4 is 19.3 Å². The van der Waals surface area contributed by atoms with E-state index in [-0.39, 0.29) is 10.8 Å². The van der Waals surface area contributed by atoms with Crippen LogP contribution in [0.1, 0.15) is 29.7 Å². The molecule has 0 aliphatic heterocycles. The highest BCUT2D eigenvalue weighted by Gasteiger charge is 2.21. The first-order valence-corrected chi connectivity index (χ1v) is 20.7. The molecule has 0 radical (unpaired) electrons. The van der Waals surface area contributed by atoms with Crippen LogP contribution in [0.5, 0.6) is 11.5 Å². The molecule has 0 aliphatic rings. The minimum Gasteiger partial charge on any atom is -0.493 e. The number of para-hydroxylation sites is 1. The van der Waals surface area contributed by atoms with Gasteiger partial charge in [-0.2, -0.15) is 9.83 Å². The van der Waals surface area contributed by atoms with Crippen molar-refractivity contribution in [2.24, 2.45) is 0 Å². The molecule has 4 aromatic carbocycles. The number of pyridine rings is 2. The molecule has 0 N–H and O–H groups in total. The summed E-state index contributed by atoms with van der Waals surface area (Å²) in [6, 6.07) is 32.4. The molecule has 16 heteroatoms. The van der Waals surface area contributed by atoms with Crippen LogP contribution in [0.3, 0.4) is 0 Å². The zero-order chi connectivity index (χ0) is 44.2. The normalized spacial score (nSPS) is 11.6. The van der Waals surface area contributed by atoms with Crippen LogP contribution in [-0.4, -0.2) is 55.4 Å². The SMILES string of the molecule is CN(Cc1cc(F)ccc1Cl)n1cnc2nc(-c3cnn(Cc4ccccc4)c3)ccc21.COc1cccc(-c2ccc3c(ccn3OC(C)c3c(Cl)ccc(F)c3Cl)n2)c1OC. The lowest BCUT2D eigenvalue weighted by Gasteiger charge is -2.21. The fraction of sp³-hybridized carbons (Fsp3) is 0.149. The van der Waals surface area contributed by atoms with Gasteiger partial charge in [0.25, 0.3) is 0 Å². The van der Waals surface area contributed by atoms with Gasteiger partial charge in [0.1, 0.15) is 29.0 Å². The summed E-state index contributed by atoms with van der Waals surface area (Å²) in [5, 5.41) is 7.18. The molecule has 63 heavy (non-hydrogen) atoms. The number of fused-ring (bicyclic) bond motifs is 2. The second kappa shape index (κ2) is 18.7. The van der Waals surface area contributed by atoms with Gasteiger partial charge in [0.15, 0.2) is 23.3 Å². The zero-order valence-electron chi connectivity index (χ0n) is 34.4. The van der Waals surface area contributed by atoms with Crippen LogP contribution in [0.4, 0.5) is 8.78 Å². The van der Waals surface area contributed by atoms with Crippen molar-refractivity contribution >= 4 is 57.0 Å². The van der Waals surface area contributed by atoms with Crippen molar-refractivity contribution in [2.45, 2.75) is 26.1 Å². The highest BCUT2D eigenvalue weighted by molar-refractivity contribution is 6.36. The quantitative estimate of drug-likeness (QED) is 0.112. The maximum Gasteiger partial charge on any atom is 0.180 e. The first-order chi connectivity index (χ1) is 30.5. The average Bonchev–Trinajstić information content (AvgIpc) is 4.05. The number of rotatable bonds is 12. The summed E-state index contributed by atoms with van der Waals surface area (Å²) in [5.41, 5.74) is 8.46. The van der Waals surface area contributed by atoms with Crippen molar-refractivity contribution in [3.8, 4) is 34.0 Å². The molecule has 0 amide bonds. The van der Waals surface area contributed by atoms with Crippen molar-refractivity contribution in [3.05, 3.63) is 178 Å². The standard InChI is InChI=1S/C24H20ClFN6.C23H19Cl2FN2O3/c1-30(14-18-11-20(26)7-8-21(18)25)32-16-27-24-23(32)10-9-22(29-24)19-12-28-31(15-19)13-17-5-3-2-4-6-17;1-13(21-15(24)7-8-16(26)22(21)25)31-28-12-11-18-19(28)10-9-17(27-18)14-5-4-6-20(29-2)23(14)30-3/h2-12,15-16H,13-14H2,1H3;4-13H,1-3H3. The number of methoxy groups -OCH3 is 2. The molecule has 0 bridgehead atoms. The molecule has 1 atom stereocenters. The van der Waals surface area contributed by atoms with E-state index >= 15 is 0 Å². The Morgan fingerprint density at radius 2 is 1.57 bits per heavy atom. The van der Waals surface area contributed by atoms with Crippen LogP contribution in [0.2, 0.25) is 15.1 Å². The van der Waals surface area contributed by atoms with E-state index in [9.17, 15) is 8.78 Å². The summed E-state index contributed by atoms with van der Waals surface area (Å²) in [7, 11) is 5.08. The molecule has 9 rings (SSSR count). The Bertz CT molecular complexity index is 3050. The average molecular weight is 908 g/mol. The predicted octanol–water partition coefficient (Wildman–Crippen LogP) is 11.3.